The number of rotatable bonds is 4. The van der Waals surface area contributed by atoms with E-state index < -0.39 is 15.8 Å². The molecule has 122 valence electrons. The van der Waals surface area contributed by atoms with Gasteiger partial charge in [0.1, 0.15) is 11.9 Å². The first-order valence-corrected chi connectivity index (χ1v) is 8.98. The van der Waals surface area contributed by atoms with Crippen LogP contribution < -0.4 is 0 Å². The molecular weight excluding hydrogens is 309 g/mol. The van der Waals surface area contributed by atoms with Crippen molar-refractivity contribution in [1.29, 1.82) is 0 Å². The van der Waals surface area contributed by atoms with E-state index in [0.29, 0.717) is 26.2 Å². The molecule has 1 aromatic rings. The van der Waals surface area contributed by atoms with E-state index in [1.807, 2.05) is 6.92 Å². The van der Waals surface area contributed by atoms with Crippen molar-refractivity contribution in [2.24, 2.45) is 0 Å². The molecule has 3 atom stereocenters. The lowest BCUT2D eigenvalue weighted by atomic mass is 10.1. The van der Waals surface area contributed by atoms with Crippen LogP contribution >= 0.6 is 0 Å². The molecule has 2 fully saturated rings. The molecule has 1 saturated heterocycles. The quantitative estimate of drug-likeness (QED) is 0.845. The van der Waals surface area contributed by atoms with Gasteiger partial charge in [-0.15, -0.1) is 0 Å². The Kier molecular flexibility index (Phi) is 4.49. The highest BCUT2D eigenvalue weighted by molar-refractivity contribution is 7.89. The highest BCUT2D eigenvalue weighted by Crippen LogP contribution is 2.35. The maximum absolute atomic E-state index is 13.4. The van der Waals surface area contributed by atoms with Gasteiger partial charge in [-0.3, -0.25) is 0 Å². The predicted molar refractivity (Wildman–Crippen MR) is 78.5 cm³/mol. The lowest BCUT2D eigenvalue weighted by Gasteiger charge is -2.38. The Bertz CT molecular complexity index is 636. The molecule has 2 aliphatic rings. The van der Waals surface area contributed by atoms with E-state index in [9.17, 15) is 12.8 Å². The summed E-state index contributed by atoms with van der Waals surface area (Å²) >= 11 is 0. The van der Waals surface area contributed by atoms with E-state index >= 15 is 0 Å². The molecule has 1 saturated carbocycles. The lowest BCUT2D eigenvalue weighted by molar-refractivity contribution is -0.0938. The SMILES string of the molecule is CCO[C@@H]1CC[C@@H]2[C@H]1OCCN2S(=O)(=O)c1cccc(F)c1. The molecule has 1 heterocycles. The van der Waals surface area contributed by atoms with Crippen molar-refractivity contribution in [1.82, 2.24) is 4.31 Å². The van der Waals surface area contributed by atoms with E-state index in [1.165, 1.54) is 22.5 Å². The molecule has 1 aromatic carbocycles. The van der Waals surface area contributed by atoms with Gasteiger partial charge in [-0.2, -0.15) is 4.31 Å². The normalized spacial score (nSPS) is 29.5. The molecule has 1 aliphatic heterocycles. The van der Waals surface area contributed by atoms with E-state index in [4.69, 9.17) is 9.47 Å². The van der Waals surface area contributed by atoms with Crippen LogP contribution in [0.4, 0.5) is 4.39 Å². The van der Waals surface area contributed by atoms with Crippen LogP contribution in [0.2, 0.25) is 0 Å². The fourth-order valence-electron chi connectivity index (χ4n) is 3.34. The topological polar surface area (TPSA) is 55.8 Å². The highest BCUT2D eigenvalue weighted by Gasteiger charge is 2.47. The number of morpholine rings is 1. The van der Waals surface area contributed by atoms with Gasteiger partial charge in [-0.05, 0) is 38.0 Å². The zero-order valence-electron chi connectivity index (χ0n) is 12.4. The van der Waals surface area contributed by atoms with Crippen LogP contribution in [0, 0.1) is 5.82 Å². The zero-order chi connectivity index (χ0) is 15.7. The molecule has 0 aromatic heterocycles. The molecule has 0 spiro atoms. The fraction of sp³-hybridized carbons (Fsp3) is 0.600. The Balaban J connectivity index is 1.88. The summed E-state index contributed by atoms with van der Waals surface area (Å²) < 4.78 is 51.8. The van der Waals surface area contributed by atoms with Gasteiger partial charge in [0, 0.05) is 13.2 Å². The van der Waals surface area contributed by atoms with Crippen molar-refractivity contribution in [2.45, 2.75) is 42.9 Å². The number of fused-ring (bicyclic) bond motifs is 1. The zero-order valence-corrected chi connectivity index (χ0v) is 13.3. The maximum Gasteiger partial charge on any atom is 0.243 e. The van der Waals surface area contributed by atoms with Gasteiger partial charge in [0.2, 0.25) is 10.0 Å². The van der Waals surface area contributed by atoms with Gasteiger partial charge in [0.25, 0.3) is 0 Å². The second-order valence-electron chi connectivity index (χ2n) is 5.55. The second kappa shape index (κ2) is 6.23. The molecule has 22 heavy (non-hydrogen) atoms. The first-order valence-electron chi connectivity index (χ1n) is 7.54. The summed E-state index contributed by atoms with van der Waals surface area (Å²) in [6, 6.07) is 4.91. The predicted octanol–water partition coefficient (Wildman–Crippen LogP) is 1.78. The van der Waals surface area contributed by atoms with Crippen molar-refractivity contribution in [2.75, 3.05) is 19.8 Å². The molecule has 7 heteroatoms. The van der Waals surface area contributed by atoms with Crippen LogP contribution in [-0.4, -0.2) is 50.7 Å². The molecule has 5 nitrogen and oxygen atoms in total. The number of sulfonamides is 1. The van der Waals surface area contributed by atoms with E-state index in [-0.39, 0.29) is 23.1 Å². The smallest absolute Gasteiger partial charge is 0.243 e. The fourth-order valence-corrected chi connectivity index (χ4v) is 5.02. The number of ether oxygens (including phenoxy) is 2. The van der Waals surface area contributed by atoms with Crippen molar-refractivity contribution < 1.29 is 22.3 Å². The molecule has 0 amide bonds. The molecule has 3 rings (SSSR count). The van der Waals surface area contributed by atoms with Crippen molar-refractivity contribution >= 4 is 10.0 Å². The van der Waals surface area contributed by atoms with Gasteiger partial charge in [0.05, 0.1) is 23.6 Å². The van der Waals surface area contributed by atoms with E-state index in [1.54, 1.807) is 0 Å². The minimum absolute atomic E-state index is 0.00647. The molecule has 1 aliphatic carbocycles. The third-order valence-electron chi connectivity index (χ3n) is 4.27. The molecule has 0 radical (unpaired) electrons. The Labute approximate surface area is 130 Å². The number of halogens is 1. The summed E-state index contributed by atoms with van der Waals surface area (Å²) in [6.07, 6.45) is 1.17. The lowest BCUT2D eigenvalue weighted by Crippen LogP contribution is -2.53. The standard InChI is InChI=1S/C15H20FNO4S/c1-2-20-14-7-6-13-15(14)21-9-8-17(13)22(18,19)12-5-3-4-11(16)10-12/h3-5,10,13-15H,2,6-9H2,1H3/t13-,14-,15-/m1/s1. The van der Waals surface area contributed by atoms with Crippen LogP contribution in [0.15, 0.2) is 29.2 Å². The van der Waals surface area contributed by atoms with Crippen LogP contribution in [0.25, 0.3) is 0 Å². The second-order valence-corrected chi connectivity index (χ2v) is 7.44. The van der Waals surface area contributed by atoms with Crippen molar-refractivity contribution in [3.05, 3.63) is 30.1 Å². The summed E-state index contributed by atoms with van der Waals surface area (Å²) in [6.45, 7) is 3.11. The Hall–Kier alpha value is -1.02. The third-order valence-corrected chi connectivity index (χ3v) is 6.19. The number of hydrogen-bond acceptors (Lipinski definition) is 4. The Morgan fingerprint density at radius 3 is 2.95 bits per heavy atom. The van der Waals surface area contributed by atoms with E-state index in [2.05, 4.69) is 0 Å². The van der Waals surface area contributed by atoms with Gasteiger partial charge in [-0.25, -0.2) is 12.8 Å². The van der Waals surface area contributed by atoms with Gasteiger partial charge >= 0.3 is 0 Å². The van der Waals surface area contributed by atoms with Gasteiger partial charge in [-0.1, -0.05) is 6.07 Å². The number of benzene rings is 1. The van der Waals surface area contributed by atoms with Crippen LogP contribution in [0.5, 0.6) is 0 Å². The summed E-state index contributed by atoms with van der Waals surface area (Å²) in [5, 5.41) is 0. The molecule has 0 N–H and O–H groups in total. The van der Waals surface area contributed by atoms with Crippen LogP contribution in [0.1, 0.15) is 19.8 Å². The highest BCUT2D eigenvalue weighted by atomic mass is 32.2. The molecule has 0 unspecified atom stereocenters. The molecular formula is C15H20FNO4S. The average molecular weight is 329 g/mol. The third kappa shape index (κ3) is 2.78. The Morgan fingerprint density at radius 1 is 1.41 bits per heavy atom. The summed E-state index contributed by atoms with van der Waals surface area (Å²) in [5.41, 5.74) is 0. The number of nitrogens with zero attached hydrogens (tertiary/aromatic N) is 1. The molecule has 0 bridgehead atoms. The summed E-state index contributed by atoms with van der Waals surface area (Å²) in [5.74, 6) is -0.551. The van der Waals surface area contributed by atoms with Crippen LogP contribution in [-0.2, 0) is 19.5 Å². The first kappa shape index (κ1) is 15.9. The minimum atomic E-state index is -3.72. The van der Waals surface area contributed by atoms with Crippen LogP contribution in [0.3, 0.4) is 0 Å². The first-order chi connectivity index (χ1) is 10.5. The average Bonchev–Trinajstić information content (AvgIpc) is 2.91. The van der Waals surface area contributed by atoms with Gasteiger partial charge < -0.3 is 9.47 Å². The van der Waals surface area contributed by atoms with E-state index in [0.717, 1.165) is 12.5 Å². The summed E-state index contributed by atoms with van der Waals surface area (Å²) in [4.78, 5) is -0.00647. The maximum atomic E-state index is 13.4. The monoisotopic (exact) mass is 329 g/mol. The Morgan fingerprint density at radius 2 is 2.23 bits per heavy atom. The van der Waals surface area contributed by atoms with Crippen molar-refractivity contribution in [3.63, 3.8) is 0 Å². The summed E-state index contributed by atoms with van der Waals surface area (Å²) in [7, 11) is -3.72. The minimum Gasteiger partial charge on any atom is -0.376 e. The number of hydrogen-bond donors (Lipinski definition) is 0. The van der Waals surface area contributed by atoms with Gasteiger partial charge in [0.15, 0.2) is 0 Å². The van der Waals surface area contributed by atoms with Crippen molar-refractivity contribution in [3.8, 4) is 0 Å². The largest absolute Gasteiger partial charge is 0.376 e.